The van der Waals surface area contributed by atoms with E-state index in [1.807, 2.05) is 47.1 Å². The summed E-state index contributed by atoms with van der Waals surface area (Å²) in [5.41, 5.74) is 1.14. The van der Waals surface area contributed by atoms with Gasteiger partial charge in [-0.25, -0.2) is 4.68 Å². The smallest absolute Gasteiger partial charge is 0.277 e. The largest absolute Gasteiger partial charge is 0.320 e. The molecule has 2 heterocycles. The number of hydrogen-bond acceptors (Lipinski definition) is 4. The molecule has 0 aliphatic carbocycles. The summed E-state index contributed by atoms with van der Waals surface area (Å²) in [6.45, 7) is 1.95. The second-order valence-electron chi connectivity index (χ2n) is 6.05. The van der Waals surface area contributed by atoms with Gasteiger partial charge >= 0.3 is 0 Å². The van der Waals surface area contributed by atoms with E-state index in [9.17, 15) is 4.79 Å². The number of rotatable bonds is 3. The molecular formula is C18H20ClN5O. The molecule has 6 nitrogen and oxygen atoms in total. The molecule has 0 radical (unpaired) electrons. The minimum Gasteiger partial charge on any atom is -0.320 e. The maximum atomic E-state index is 12.5. The quantitative estimate of drug-likeness (QED) is 0.755. The molecule has 3 aromatic rings. The van der Waals surface area contributed by atoms with Gasteiger partial charge in [0.25, 0.3) is 5.91 Å². The van der Waals surface area contributed by atoms with Gasteiger partial charge in [0.1, 0.15) is 0 Å². The number of nitrogens with zero attached hydrogens (tertiary/aromatic N) is 3. The maximum absolute atomic E-state index is 12.5. The summed E-state index contributed by atoms with van der Waals surface area (Å²) in [4.78, 5) is 12.5. The minimum absolute atomic E-state index is 0. The molecule has 7 heteroatoms. The van der Waals surface area contributed by atoms with Crippen LogP contribution in [0.4, 0.5) is 5.69 Å². The summed E-state index contributed by atoms with van der Waals surface area (Å²) < 4.78 is 1.82. The molecule has 0 atom stereocenters. The van der Waals surface area contributed by atoms with Crippen molar-refractivity contribution in [3.8, 4) is 0 Å². The summed E-state index contributed by atoms with van der Waals surface area (Å²) >= 11 is 0. The summed E-state index contributed by atoms with van der Waals surface area (Å²) in [6.07, 6.45) is 3.76. The van der Waals surface area contributed by atoms with E-state index in [4.69, 9.17) is 0 Å². The van der Waals surface area contributed by atoms with Crippen molar-refractivity contribution in [2.75, 3.05) is 18.4 Å². The zero-order chi connectivity index (χ0) is 16.4. The van der Waals surface area contributed by atoms with Crippen molar-refractivity contribution in [2.45, 2.75) is 18.9 Å². The van der Waals surface area contributed by atoms with Crippen LogP contribution in [-0.2, 0) is 0 Å². The van der Waals surface area contributed by atoms with Gasteiger partial charge in [0, 0.05) is 11.1 Å². The van der Waals surface area contributed by atoms with Crippen molar-refractivity contribution >= 4 is 34.8 Å². The molecule has 4 rings (SSSR count). The second kappa shape index (κ2) is 7.63. The number of hydrogen-bond donors (Lipinski definition) is 2. The van der Waals surface area contributed by atoms with E-state index in [-0.39, 0.29) is 18.3 Å². The predicted octanol–water partition coefficient (Wildman–Crippen LogP) is 3.03. The molecule has 0 spiro atoms. The topological polar surface area (TPSA) is 71.8 Å². The number of anilines is 1. The van der Waals surface area contributed by atoms with Crippen LogP contribution in [0.5, 0.6) is 0 Å². The summed E-state index contributed by atoms with van der Waals surface area (Å²) in [6, 6.07) is 14.1. The molecule has 0 saturated carbocycles. The van der Waals surface area contributed by atoms with E-state index in [0.717, 1.165) is 42.4 Å². The number of nitrogens with one attached hydrogen (secondary N) is 2. The van der Waals surface area contributed by atoms with Crippen LogP contribution < -0.4 is 10.6 Å². The molecular weight excluding hydrogens is 338 g/mol. The van der Waals surface area contributed by atoms with Crippen molar-refractivity contribution in [1.29, 1.82) is 0 Å². The lowest BCUT2D eigenvalue weighted by Gasteiger charge is -2.22. The maximum Gasteiger partial charge on any atom is 0.277 e. The van der Waals surface area contributed by atoms with Crippen molar-refractivity contribution in [1.82, 2.24) is 20.3 Å². The van der Waals surface area contributed by atoms with Crippen LogP contribution in [0.2, 0.25) is 0 Å². The first-order valence-corrected chi connectivity index (χ1v) is 8.23. The molecule has 1 aromatic heterocycles. The SMILES string of the molecule is Cl.O=C(Nc1cccc2ccccc12)c1cn(C2CCNCC2)nn1. The number of carbonyl (C=O) groups is 1. The van der Waals surface area contributed by atoms with Crippen molar-refractivity contribution < 1.29 is 4.79 Å². The Morgan fingerprint density at radius 2 is 1.88 bits per heavy atom. The van der Waals surface area contributed by atoms with Gasteiger partial charge in [0.2, 0.25) is 0 Å². The first-order valence-electron chi connectivity index (χ1n) is 8.23. The number of benzene rings is 2. The van der Waals surface area contributed by atoms with E-state index in [2.05, 4.69) is 20.9 Å². The number of aromatic nitrogens is 3. The monoisotopic (exact) mass is 357 g/mol. The van der Waals surface area contributed by atoms with Gasteiger partial charge in [-0.3, -0.25) is 4.79 Å². The lowest BCUT2D eigenvalue weighted by molar-refractivity contribution is 0.102. The molecule has 0 unspecified atom stereocenters. The van der Waals surface area contributed by atoms with Crippen LogP contribution in [-0.4, -0.2) is 34.0 Å². The molecule has 1 saturated heterocycles. The van der Waals surface area contributed by atoms with Gasteiger partial charge < -0.3 is 10.6 Å². The van der Waals surface area contributed by atoms with Gasteiger partial charge in [-0.2, -0.15) is 0 Å². The van der Waals surface area contributed by atoms with E-state index in [1.54, 1.807) is 6.20 Å². The van der Waals surface area contributed by atoms with Crippen LogP contribution in [0.15, 0.2) is 48.7 Å². The molecule has 1 amide bonds. The lowest BCUT2D eigenvalue weighted by Crippen LogP contribution is -2.29. The number of piperidine rings is 1. The number of halogens is 1. The third kappa shape index (κ3) is 3.65. The Bertz CT molecular complexity index is 867. The highest BCUT2D eigenvalue weighted by atomic mass is 35.5. The van der Waals surface area contributed by atoms with Crippen molar-refractivity contribution in [3.63, 3.8) is 0 Å². The normalized spacial score (nSPS) is 14.9. The Morgan fingerprint density at radius 3 is 2.72 bits per heavy atom. The number of carbonyl (C=O) groups excluding carboxylic acids is 1. The Balaban J connectivity index is 0.00000182. The first kappa shape index (κ1) is 17.4. The Labute approximate surface area is 152 Å². The van der Waals surface area contributed by atoms with E-state index in [1.165, 1.54) is 0 Å². The fraction of sp³-hybridized carbons (Fsp3) is 0.278. The highest BCUT2D eigenvalue weighted by molar-refractivity contribution is 6.08. The predicted molar refractivity (Wildman–Crippen MR) is 100 cm³/mol. The molecule has 2 aromatic carbocycles. The third-order valence-electron chi connectivity index (χ3n) is 4.46. The number of fused-ring (bicyclic) bond motifs is 1. The zero-order valence-corrected chi connectivity index (χ0v) is 14.5. The molecule has 0 bridgehead atoms. The molecule has 1 aliphatic rings. The minimum atomic E-state index is -0.230. The molecule has 130 valence electrons. The van der Waals surface area contributed by atoms with E-state index < -0.39 is 0 Å². The Morgan fingerprint density at radius 1 is 1.12 bits per heavy atom. The summed E-state index contributed by atoms with van der Waals surface area (Å²) in [7, 11) is 0. The molecule has 25 heavy (non-hydrogen) atoms. The highest BCUT2D eigenvalue weighted by Gasteiger charge is 2.19. The highest BCUT2D eigenvalue weighted by Crippen LogP contribution is 2.23. The van der Waals surface area contributed by atoms with Crippen LogP contribution >= 0.6 is 12.4 Å². The standard InChI is InChI=1S/C18H19N5O.ClH/c24-18(17-12-23(22-21-17)14-8-10-19-11-9-14)20-16-7-3-5-13-4-1-2-6-15(13)16;/h1-7,12,14,19H,8-11H2,(H,20,24);1H. The molecule has 2 N–H and O–H groups in total. The van der Waals surface area contributed by atoms with Gasteiger partial charge in [-0.15, -0.1) is 17.5 Å². The average molecular weight is 358 g/mol. The summed E-state index contributed by atoms with van der Waals surface area (Å²) in [5.74, 6) is -0.230. The lowest BCUT2D eigenvalue weighted by atomic mass is 10.1. The molecule has 1 aliphatic heterocycles. The van der Waals surface area contributed by atoms with E-state index in [0.29, 0.717) is 11.7 Å². The Hall–Kier alpha value is -2.44. The first-order chi connectivity index (χ1) is 11.8. The summed E-state index contributed by atoms with van der Waals surface area (Å²) in [5, 5.41) is 16.6. The van der Waals surface area contributed by atoms with Gasteiger partial charge in [-0.05, 0) is 37.4 Å². The number of amides is 1. The van der Waals surface area contributed by atoms with Gasteiger partial charge in [0.15, 0.2) is 5.69 Å². The van der Waals surface area contributed by atoms with E-state index >= 15 is 0 Å². The second-order valence-corrected chi connectivity index (χ2v) is 6.05. The van der Waals surface area contributed by atoms with Crippen LogP contribution in [0.1, 0.15) is 29.4 Å². The van der Waals surface area contributed by atoms with Crippen molar-refractivity contribution in [3.05, 3.63) is 54.4 Å². The van der Waals surface area contributed by atoms with Crippen LogP contribution in [0, 0.1) is 0 Å². The fourth-order valence-electron chi connectivity index (χ4n) is 3.15. The van der Waals surface area contributed by atoms with Gasteiger partial charge in [0.05, 0.1) is 12.2 Å². The fourth-order valence-corrected chi connectivity index (χ4v) is 3.15. The third-order valence-corrected chi connectivity index (χ3v) is 4.46. The Kier molecular flexibility index (Phi) is 5.31. The zero-order valence-electron chi connectivity index (χ0n) is 13.7. The van der Waals surface area contributed by atoms with Gasteiger partial charge in [-0.1, -0.05) is 41.6 Å². The van der Waals surface area contributed by atoms with Crippen molar-refractivity contribution in [2.24, 2.45) is 0 Å². The van der Waals surface area contributed by atoms with Crippen LogP contribution in [0.3, 0.4) is 0 Å². The van der Waals surface area contributed by atoms with Crippen LogP contribution in [0.25, 0.3) is 10.8 Å². The molecule has 1 fully saturated rings. The average Bonchev–Trinajstić information content (AvgIpc) is 3.13.